The lowest BCUT2D eigenvalue weighted by molar-refractivity contribution is 0.414. The number of nitrogens with two attached hydrogens (primary N) is 1. The molecule has 0 bridgehead atoms. The fourth-order valence-electron chi connectivity index (χ4n) is 1.67. The van der Waals surface area contributed by atoms with Crippen LogP contribution < -0.4 is 14.7 Å². The molecular formula is C14H15NO4S. The summed E-state index contributed by atoms with van der Waals surface area (Å²) in [6.45, 7) is 0. The van der Waals surface area contributed by atoms with Crippen LogP contribution in [0, 0.1) is 0 Å². The maximum absolute atomic E-state index is 11.9. The first-order chi connectivity index (χ1) is 9.48. The summed E-state index contributed by atoms with van der Waals surface area (Å²) < 4.78 is 33.9. The first-order valence-electron chi connectivity index (χ1n) is 5.89. The van der Waals surface area contributed by atoms with Crippen LogP contribution in [0.25, 0.3) is 0 Å². The van der Waals surface area contributed by atoms with Crippen molar-refractivity contribution in [3.05, 3.63) is 54.1 Å². The molecule has 20 heavy (non-hydrogen) atoms. The quantitative estimate of drug-likeness (QED) is 0.675. The Hall–Kier alpha value is -2.21. The van der Waals surface area contributed by atoms with E-state index in [1.165, 1.54) is 6.07 Å². The lowest BCUT2D eigenvalue weighted by Gasteiger charge is -2.08. The van der Waals surface area contributed by atoms with Crippen LogP contribution in [0.3, 0.4) is 0 Å². The van der Waals surface area contributed by atoms with Gasteiger partial charge < -0.3 is 14.7 Å². The third kappa shape index (κ3) is 3.89. The number of methoxy groups -OCH3 is 1. The molecular weight excluding hydrogens is 278 g/mol. The smallest absolute Gasteiger partial charge is 0.313 e. The van der Waals surface area contributed by atoms with E-state index in [2.05, 4.69) is 0 Å². The van der Waals surface area contributed by atoms with Crippen LogP contribution >= 0.6 is 0 Å². The van der Waals surface area contributed by atoms with E-state index >= 15 is 0 Å². The van der Waals surface area contributed by atoms with Crippen LogP contribution in [0.2, 0.25) is 0 Å². The summed E-state index contributed by atoms with van der Waals surface area (Å²) in [6, 6.07) is 13.1. The van der Waals surface area contributed by atoms with Gasteiger partial charge >= 0.3 is 10.1 Å². The van der Waals surface area contributed by atoms with Crippen molar-refractivity contribution in [2.24, 2.45) is 0 Å². The molecule has 6 heteroatoms. The van der Waals surface area contributed by atoms with Gasteiger partial charge in [-0.05, 0) is 29.8 Å². The van der Waals surface area contributed by atoms with E-state index in [9.17, 15) is 8.42 Å². The van der Waals surface area contributed by atoms with E-state index in [4.69, 9.17) is 14.7 Å². The number of ether oxygens (including phenoxy) is 1. The topological polar surface area (TPSA) is 78.6 Å². The van der Waals surface area contributed by atoms with E-state index in [1.54, 1.807) is 49.6 Å². The summed E-state index contributed by atoms with van der Waals surface area (Å²) in [5.41, 5.74) is 6.64. The van der Waals surface area contributed by atoms with Gasteiger partial charge in [0, 0.05) is 11.8 Å². The van der Waals surface area contributed by atoms with Crippen LogP contribution in [0.15, 0.2) is 48.5 Å². The molecule has 0 aliphatic rings. The van der Waals surface area contributed by atoms with Gasteiger partial charge in [0.05, 0.1) is 7.11 Å². The maximum Gasteiger partial charge on any atom is 0.313 e. The van der Waals surface area contributed by atoms with Crippen molar-refractivity contribution in [1.82, 2.24) is 0 Å². The Kier molecular flexibility index (Phi) is 4.14. The summed E-state index contributed by atoms with van der Waals surface area (Å²) in [4.78, 5) is 0. The molecule has 2 aromatic carbocycles. The van der Waals surface area contributed by atoms with Crippen LogP contribution in [0.5, 0.6) is 11.5 Å². The second kappa shape index (κ2) is 5.83. The number of anilines is 1. The Morgan fingerprint density at radius 3 is 2.35 bits per heavy atom. The molecule has 2 rings (SSSR count). The summed E-state index contributed by atoms with van der Waals surface area (Å²) in [6.07, 6.45) is 0. The fraction of sp³-hybridized carbons (Fsp3) is 0.143. The van der Waals surface area contributed by atoms with Crippen molar-refractivity contribution >= 4 is 15.8 Å². The van der Waals surface area contributed by atoms with Crippen molar-refractivity contribution in [2.75, 3.05) is 12.8 Å². The van der Waals surface area contributed by atoms with Gasteiger partial charge in [0.1, 0.15) is 17.3 Å². The number of rotatable bonds is 5. The zero-order chi connectivity index (χ0) is 14.6. The largest absolute Gasteiger partial charge is 0.497 e. The Labute approximate surface area is 118 Å². The SMILES string of the molecule is COc1ccc(CS(=O)(=O)Oc2cccc(N)c2)cc1. The molecule has 5 nitrogen and oxygen atoms in total. The molecule has 2 N–H and O–H groups in total. The van der Waals surface area contributed by atoms with Crippen molar-refractivity contribution in [3.63, 3.8) is 0 Å². The lowest BCUT2D eigenvalue weighted by Crippen LogP contribution is -2.12. The minimum atomic E-state index is -3.72. The molecule has 0 spiro atoms. The second-order valence-electron chi connectivity index (χ2n) is 4.21. The molecule has 2 aromatic rings. The van der Waals surface area contributed by atoms with E-state index < -0.39 is 10.1 Å². The second-order valence-corrected chi connectivity index (χ2v) is 5.78. The lowest BCUT2D eigenvalue weighted by atomic mass is 10.2. The summed E-state index contributed by atoms with van der Waals surface area (Å²) in [7, 11) is -2.17. The molecule has 106 valence electrons. The predicted molar refractivity (Wildman–Crippen MR) is 77.1 cm³/mol. The standard InChI is InChI=1S/C14H15NO4S/c1-18-13-7-5-11(6-8-13)10-20(16,17)19-14-4-2-3-12(15)9-14/h2-9H,10,15H2,1H3. The number of nitrogen functional groups attached to an aromatic ring is 1. The van der Waals surface area contributed by atoms with E-state index in [0.29, 0.717) is 17.0 Å². The highest BCUT2D eigenvalue weighted by Gasteiger charge is 2.14. The Bertz CT molecular complexity index is 681. The first-order valence-corrected chi connectivity index (χ1v) is 7.47. The molecule has 0 unspecified atom stereocenters. The predicted octanol–water partition coefficient (Wildman–Crippen LogP) is 2.19. The third-order valence-electron chi connectivity index (χ3n) is 2.58. The van der Waals surface area contributed by atoms with Crippen LogP contribution in [-0.2, 0) is 15.9 Å². The van der Waals surface area contributed by atoms with Crippen molar-refractivity contribution in [3.8, 4) is 11.5 Å². The molecule has 0 saturated heterocycles. The van der Waals surface area contributed by atoms with Crippen LogP contribution in [0.1, 0.15) is 5.56 Å². The summed E-state index contributed by atoms with van der Waals surface area (Å²) >= 11 is 0. The van der Waals surface area contributed by atoms with Gasteiger partial charge in [0.25, 0.3) is 0 Å². The molecule has 0 aliphatic carbocycles. The molecule has 0 amide bonds. The molecule has 0 saturated carbocycles. The normalized spacial score (nSPS) is 11.1. The average Bonchev–Trinajstić information content (AvgIpc) is 2.38. The highest BCUT2D eigenvalue weighted by Crippen LogP contribution is 2.19. The van der Waals surface area contributed by atoms with E-state index in [0.717, 1.165) is 0 Å². The monoisotopic (exact) mass is 293 g/mol. The van der Waals surface area contributed by atoms with Gasteiger partial charge in [0.15, 0.2) is 0 Å². The highest BCUT2D eigenvalue weighted by atomic mass is 32.2. The number of hydrogen-bond acceptors (Lipinski definition) is 5. The molecule has 0 radical (unpaired) electrons. The van der Waals surface area contributed by atoms with Gasteiger partial charge in [0.2, 0.25) is 0 Å². The van der Waals surface area contributed by atoms with Gasteiger partial charge in [-0.15, -0.1) is 0 Å². The maximum atomic E-state index is 11.9. The van der Waals surface area contributed by atoms with Gasteiger partial charge in [-0.25, -0.2) is 0 Å². The van der Waals surface area contributed by atoms with Gasteiger partial charge in [-0.1, -0.05) is 18.2 Å². The number of hydrogen-bond donors (Lipinski definition) is 1. The fourth-order valence-corrected chi connectivity index (χ4v) is 2.72. The molecule has 0 heterocycles. The molecule has 0 aliphatic heterocycles. The zero-order valence-corrected chi connectivity index (χ0v) is 11.8. The Morgan fingerprint density at radius 2 is 1.75 bits per heavy atom. The molecule has 0 aromatic heterocycles. The van der Waals surface area contributed by atoms with Gasteiger partial charge in [-0.2, -0.15) is 8.42 Å². The molecule has 0 fully saturated rings. The van der Waals surface area contributed by atoms with E-state index in [-0.39, 0.29) is 11.5 Å². The zero-order valence-electron chi connectivity index (χ0n) is 10.9. The highest BCUT2D eigenvalue weighted by molar-refractivity contribution is 7.86. The summed E-state index contributed by atoms with van der Waals surface area (Å²) in [5, 5.41) is 0. The molecule has 0 atom stereocenters. The van der Waals surface area contributed by atoms with Crippen molar-refractivity contribution in [2.45, 2.75) is 5.75 Å². The third-order valence-corrected chi connectivity index (χ3v) is 3.72. The minimum Gasteiger partial charge on any atom is -0.497 e. The van der Waals surface area contributed by atoms with Crippen LogP contribution in [-0.4, -0.2) is 15.5 Å². The summed E-state index contributed by atoms with van der Waals surface area (Å²) in [5.74, 6) is 0.660. The average molecular weight is 293 g/mol. The first kappa shape index (κ1) is 14.2. The van der Waals surface area contributed by atoms with Gasteiger partial charge in [-0.3, -0.25) is 0 Å². The minimum absolute atomic E-state index is 0.207. The Morgan fingerprint density at radius 1 is 1.05 bits per heavy atom. The van der Waals surface area contributed by atoms with Crippen molar-refractivity contribution < 1.29 is 17.3 Å². The number of benzene rings is 2. The van der Waals surface area contributed by atoms with E-state index in [1.807, 2.05) is 0 Å². The Balaban J connectivity index is 2.10. The van der Waals surface area contributed by atoms with Crippen molar-refractivity contribution in [1.29, 1.82) is 0 Å². The van der Waals surface area contributed by atoms with Crippen LogP contribution in [0.4, 0.5) is 5.69 Å².